The first kappa shape index (κ1) is 12.3. The Hall–Kier alpha value is -1.14. The van der Waals surface area contributed by atoms with Gasteiger partial charge in [-0.25, -0.2) is 0 Å². The fraction of sp³-hybridized carbons (Fsp3) is 0.818. The monoisotopic (exact) mass is 242 g/mol. The van der Waals surface area contributed by atoms with E-state index in [-0.39, 0.29) is 18.4 Å². The third-order valence-electron chi connectivity index (χ3n) is 3.14. The number of carbonyl (C=O) groups excluding carboxylic acids is 2. The fourth-order valence-electron chi connectivity index (χ4n) is 2.12. The highest BCUT2D eigenvalue weighted by Crippen LogP contribution is 2.20. The van der Waals surface area contributed by atoms with Crippen molar-refractivity contribution in [1.82, 2.24) is 10.2 Å². The predicted octanol–water partition coefficient (Wildman–Crippen LogP) is -1.13. The fourth-order valence-corrected chi connectivity index (χ4v) is 2.12. The van der Waals surface area contributed by atoms with E-state index in [1.807, 2.05) is 0 Å². The molecule has 0 radical (unpaired) electrons. The van der Waals surface area contributed by atoms with Gasteiger partial charge in [-0.15, -0.1) is 0 Å². The Morgan fingerprint density at radius 3 is 2.76 bits per heavy atom. The third kappa shape index (κ3) is 3.17. The zero-order valence-corrected chi connectivity index (χ0v) is 9.89. The molecular weight excluding hydrogens is 224 g/mol. The highest BCUT2D eigenvalue weighted by atomic mass is 16.5. The van der Waals surface area contributed by atoms with Crippen LogP contribution in [-0.2, 0) is 14.3 Å². The van der Waals surface area contributed by atoms with Gasteiger partial charge in [0.2, 0.25) is 5.91 Å². The molecule has 1 aliphatic heterocycles. The van der Waals surface area contributed by atoms with Crippen molar-refractivity contribution < 1.29 is 19.4 Å². The van der Waals surface area contributed by atoms with Crippen molar-refractivity contribution in [3.05, 3.63) is 0 Å². The average molecular weight is 242 g/mol. The van der Waals surface area contributed by atoms with Crippen LogP contribution in [0.1, 0.15) is 19.3 Å². The Morgan fingerprint density at radius 1 is 1.47 bits per heavy atom. The van der Waals surface area contributed by atoms with E-state index in [1.54, 1.807) is 4.90 Å². The van der Waals surface area contributed by atoms with Gasteiger partial charge < -0.3 is 15.2 Å². The van der Waals surface area contributed by atoms with Gasteiger partial charge in [-0.3, -0.25) is 14.5 Å². The lowest BCUT2D eigenvalue weighted by molar-refractivity contribution is -0.146. The zero-order chi connectivity index (χ0) is 12.4. The zero-order valence-electron chi connectivity index (χ0n) is 9.89. The average Bonchev–Trinajstić information content (AvgIpc) is 3.00. The number of hydrogen-bond donors (Lipinski definition) is 2. The molecule has 2 N–H and O–H groups in total. The summed E-state index contributed by atoms with van der Waals surface area (Å²) in [5, 5.41) is 12.4. The van der Waals surface area contributed by atoms with Gasteiger partial charge >= 0.3 is 5.97 Å². The van der Waals surface area contributed by atoms with Crippen LogP contribution in [-0.4, -0.2) is 60.3 Å². The SMILES string of the molecule is COC(=O)C1CC(O)CN1CC(=O)NC1CC1. The standard InChI is InChI=1S/C11H18N2O4/c1-17-11(16)9-4-8(14)5-13(9)6-10(15)12-7-2-3-7/h7-9,14H,2-6H2,1H3,(H,12,15). The maximum absolute atomic E-state index is 11.6. The molecule has 96 valence electrons. The minimum Gasteiger partial charge on any atom is -0.468 e. The first-order valence-corrected chi connectivity index (χ1v) is 5.89. The molecule has 1 amide bonds. The molecule has 2 unspecified atom stereocenters. The number of carbonyl (C=O) groups is 2. The summed E-state index contributed by atoms with van der Waals surface area (Å²) in [6, 6.07) is -0.188. The molecule has 0 spiro atoms. The lowest BCUT2D eigenvalue weighted by atomic mass is 10.2. The van der Waals surface area contributed by atoms with Gasteiger partial charge in [0, 0.05) is 19.0 Å². The quantitative estimate of drug-likeness (QED) is 0.610. The number of ether oxygens (including phenoxy) is 1. The molecule has 0 aromatic rings. The number of nitrogens with zero attached hydrogens (tertiary/aromatic N) is 1. The van der Waals surface area contributed by atoms with Crippen LogP contribution in [0.25, 0.3) is 0 Å². The molecule has 1 aliphatic carbocycles. The van der Waals surface area contributed by atoms with Crippen molar-refractivity contribution in [1.29, 1.82) is 0 Å². The largest absolute Gasteiger partial charge is 0.468 e. The number of nitrogens with one attached hydrogen (secondary N) is 1. The molecule has 1 saturated heterocycles. The third-order valence-corrected chi connectivity index (χ3v) is 3.14. The van der Waals surface area contributed by atoms with Crippen LogP contribution in [0.5, 0.6) is 0 Å². The second-order valence-electron chi connectivity index (χ2n) is 4.70. The smallest absolute Gasteiger partial charge is 0.323 e. The molecule has 0 aromatic carbocycles. The topological polar surface area (TPSA) is 78.9 Å². The van der Waals surface area contributed by atoms with Gasteiger partial charge in [-0.1, -0.05) is 0 Å². The van der Waals surface area contributed by atoms with E-state index in [9.17, 15) is 14.7 Å². The molecule has 2 atom stereocenters. The maximum atomic E-state index is 11.6. The van der Waals surface area contributed by atoms with E-state index in [1.165, 1.54) is 7.11 Å². The van der Waals surface area contributed by atoms with Crippen LogP contribution in [0, 0.1) is 0 Å². The molecule has 1 heterocycles. The summed E-state index contributed by atoms with van der Waals surface area (Å²) in [7, 11) is 1.31. The number of aliphatic hydroxyl groups excluding tert-OH is 1. The summed E-state index contributed by atoms with van der Waals surface area (Å²) in [5.41, 5.74) is 0. The molecule has 2 aliphatic rings. The summed E-state index contributed by atoms with van der Waals surface area (Å²) in [6.45, 7) is 0.491. The molecule has 0 bridgehead atoms. The van der Waals surface area contributed by atoms with Crippen LogP contribution in [0.2, 0.25) is 0 Å². The lowest BCUT2D eigenvalue weighted by Gasteiger charge is -2.21. The van der Waals surface area contributed by atoms with Crippen LogP contribution < -0.4 is 5.32 Å². The van der Waals surface area contributed by atoms with E-state index >= 15 is 0 Å². The van der Waals surface area contributed by atoms with Gasteiger partial charge in [-0.05, 0) is 12.8 Å². The molecule has 0 aromatic heterocycles. The summed E-state index contributed by atoms with van der Waals surface area (Å²) in [4.78, 5) is 24.8. The minimum absolute atomic E-state index is 0.0875. The lowest BCUT2D eigenvalue weighted by Crippen LogP contribution is -2.44. The Kier molecular flexibility index (Phi) is 3.63. The highest BCUT2D eigenvalue weighted by molar-refractivity contribution is 5.81. The van der Waals surface area contributed by atoms with E-state index in [0.717, 1.165) is 12.8 Å². The van der Waals surface area contributed by atoms with Gasteiger partial charge in [-0.2, -0.15) is 0 Å². The Labute approximate surface area is 99.9 Å². The number of rotatable bonds is 4. The first-order valence-electron chi connectivity index (χ1n) is 5.89. The van der Waals surface area contributed by atoms with Gasteiger partial charge in [0.25, 0.3) is 0 Å². The van der Waals surface area contributed by atoms with Gasteiger partial charge in [0.15, 0.2) is 0 Å². The van der Waals surface area contributed by atoms with Crippen LogP contribution in [0.3, 0.4) is 0 Å². The number of methoxy groups -OCH3 is 1. The van der Waals surface area contributed by atoms with E-state index in [4.69, 9.17) is 0 Å². The highest BCUT2D eigenvalue weighted by Gasteiger charge is 2.38. The van der Waals surface area contributed by atoms with Crippen LogP contribution in [0.4, 0.5) is 0 Å². The van der Waals surface area contributed by atoms with Crippen molar-refractivity contribution in [3.8, 4) is 0 Å². The number of amides is 1. The molecule has 17 heavy (non-hydrogen) atoms. The van der Waals surface area contributed by atoms with Crippen LogP contribution >= 0.6 is 0 Å². The number of likely N-dealkylation sites (tertiary alicyclic amines) is 1. The normalized spacial score (nSPS) is 29.1. The van der Waals surface area contributed by atoms with Crippen molar-refractivity contribution in [2.75, 3.05) is 20.2 Å². The Bertz CT molecular complexity index is 317. The van der Waals surface area contributed by atoms with E-state index in [0.29, 0.717) is 19.0 Å². The number of β-amino-alcohol motifs (C(OH)–C–C–N with tert-alkyl or cyclic N) is 1. The molecule has 2 rings (SSSR count). The van der Waals surface area contributed by atoms with Crippen LogP contribution in [0.15, 0.2) is 0 Å². The molecule has 6 nitrogen and oxygen atoms in total. The summed E-state index contributed by atoms with van der Waals surface area (Å²) in [6.07, 6.45) is 1.85. The van der Waals surface area contributed by atoms with Gasteiger partial charge in [0.1, 0.15) is 6.04 Å². The Balaban J connectivity index is 1.87. The van der Waals surface area contributed by atoms with E-state index < -0.39 is 12.1 Å². The second kappa shape index (κ2) is 5.01. The molecular formula is C11H18N2O4. The molecule has 1 saturated carbocycles. The predicted molar refractivity (Wildman–Crippen MR) is 59.2 cm³/mol. The number of hydrogen-bond acceptors (Lipinski definition) is 5. The van der Waals surface area contributed by atoms with Crippen molar-refractivity contribution in [2.45, 2.75) is 37.5 Å². The van der Waals surface area contributed by atoms with E-state index in [2.05, 4.69) is 10.1 Å². The molecule has 6 heteroatoms. The molecule has 2 fully saturated rings. The van der Waals surface area contributed by atoms with Crippen molar-refractivity contribution in [3.63, 3.8) is 0 Å². The summed E-state index contributed by atoms with van der Waals surface area (Å²) in [5.74, 6) is -0.476. The van der Waals surface area contributed by atoms with Crippen molar-refractivity contribution in [2.24, 2.45) is 0 Å². The maximum Gasteiger partial charge on any atom is 0.323 e. The first-order chi connectivity index (χ1) is 8.10. The van der Waals surface area contributed by atoms with Crippen molar-refractivity contribution >= 4 is 11.9 Å². The number of aliphatic hydroxyl groups is 1. The minimum atomic E-state index is -0.562. The van der Waals surface area contributed by atoms with Gasteiger partial charge in [0.05, 0.1) is 19.8 Å². The summed E-state index contributed by atoms with van der Waals surface area (Å²) >= 11 is 0. The number of esters is 1. The Morgan fingerprint density at radius 2 is 2.18 bits per heavy atom. The summed E-state index contributed by atoms with van der Waals surface area (Å²) < 4.78 is 4.66. The second-order valence-corrected chi connectivity index (χ2v) is 4.70.